The van der Waals surface area contributed by atoms with Crippen molar-refractivity contribution in [3.63, 3.8) is 0 Å². The van der Waals surface area contributed by atoms with Crippen LogP contribution in [0.2, 0.25) is 5.02 Å². The van der Waals surface area contributed by atoms with E-state index in [0.717, 1.165) is 5.56 Å². The van der Waals surface area contributed by atoms with E-state index in [1.54, 1.807) is 31.2 Å². The number of benzene rings is 2. The first kappa shape index (κ1) is 12.4. The first-order valence-corrected chi connectivity index (χ1v) is 5.62. The number of halogens is 2. The van der Waals surface area contributed by atoms with Gasteiger partial charge >= 0.3 is 0 Å². The lowest BCUT2D eigenvalue weighted by Gasteiger charge is -2.08. The van der Waals surface area contributed by atoms with Gasteiger partial charge in [-0.3, -0.25) is 0 Å². The van der Waals surface area contributed by atoms with Crippen molar-refractivity contribution in [2.24, 2.45) is 0 Å². The second-order valence-corrected chi connectivity index (χ2v) is 4.15. The summed E-state index contributed by atoms with van der Waals surface area (Å²) < 4.78 is 19.0. The molecule has 0 N–H and O–H groups in total. The molecular formula is C14H9ClFNO. The van der Waals surface area contributed by atoms with Crippen LogP contribution < -0.4 is 4.74 Å². The number of hydrogen-bond acceptors (Lipinski definition) is 2. The van der Waals surface area contributed by atoms with Crippen molar-refractivity contribution in [1.82, 2.24) is 0 Å². The molecule has 0 aliphatic rings. The van der Waals surface area contributed by atoms with Gasteiger partial charge in [-0.05, 0) is 42.8 Å². The molecule has 0 spiro atoms. The SMILES string of the molecule is Cc1cc(Oc2cccc(Cl)c2F)ccc1C#N. The van der Waals surface area contributed by atoms with Crippen LogP contribution in [0, 0.1) is 24.1 Å². The quantitative estimate of drug-likeness (QED) is 0.800. The average Bonchev–Trinajstić information content (AvgIpc) is 2.35. The zero-order valence-electron chi connectivity index (χ0n) is 9.58. The zero-order valence-corrected chi connectivity index (χ0v) is 10.3. The van der Waals surface area contributed by atoms with Crippen LogP contribution in [0.5, 0.6) is 11.5 Å². The molecule has 0 atom stereocenters. The van der Waals surface area contributed by atoms with Crippen molar-refractivity contribution in [3.05, 3.63) is 58.4 Å². The van der Waals surface area contributed by atoms with E-state index >= 15 is 0 Å². The van der Waals surface area contributed by atoms with Gasteiger partial charge in [0.25, 0.3) is 0 Å². The van der Waals surface area contributed by atoms with E-state index in [-0.39, 0.29) is 10.8 Å². The average molecular weight is 262 g/mol. The molecule has 0 aromatic heterocycles. The van der Waals surface area contributed by atoms with Gasteiger partial charge in [0.05, 0.1) is 16.7 Å². The highest BCUT2D eigenvalue weighted by Crippen LogP contribution is 2.29. The van der Waals surface area contributed by atoms with Crippen molar-refractivity contribution in [1.29, 1.82) is 5.26 Å². The Kier molecular flexibility index (Phi) is 3.50. The largest absolute Gasteiger partial charge is 0.454 e. The molecule has 0 amide bonds. The maximum Gasteiger partial charge on any atom is 0.184 e. The third-order valence-electron chi connectivity index (χ3n) is 2.46. The molecule has 0 aliphatic carbocycles. The molecule has 0 radical (unpaired) electrons. The highest BCUT2D eigenvalue weighted by atomic mass is 35.5. The second-order valence-electron chi connectivity index (χ2n) is 3.74. The van der Waals surface area contributed by atoms with Gasteiger partial charge in [-0.1, -0.05) is 17.7 Å². The molecule has 0 aliphatic heterocycles. The molecule has 2 rings (SSSR count). The Hall–Kier alpha value is -2.05. The minimum absolute atomic E-state index is 0.0119. The summed E-state index contributed by atoms with van der Waals surface area (Å²) in [6, 6.07) is 11.5. The molecule has 0 saturated carbocycles. The Morgan fingerprint density at radius 1 is 1.28 bits per heavy atom. The van der Waals surface area contributed by atoms with Crippen molar-refractivity contribution in [2.45, 2.75) is 6.92 Å². The van der Waals surface area contributed by atoms with Crippen LogP contribution in [0.1, 0.15) is 11.1 Å². The standard InChI is InChI=1S/C14H9ClFNO/c1-9-7-11(6-5-10(9)8-17)18-13-4-2-3-12(15)14(13)16/h2-7H,1H3. The fourth-order valence-corrected chi connectivity index (χ4v) is 1.68. The number of aryl methyl sites for hydroxylation is 1. The minimum Gasteiger partial charge on any atom is -0.454 e. The van der Waals surface area contributed by atoms with Gasteiger partial charge in [-0.25, -0.2) is 4.39 Å². The molecule has 0 fully saturated rings. The summed E-state index contributed by atoms with van der Waals surface area (Å²) in [7, 11) is 0. The minimum atomic E-state index is -0.596. The normalized spacial score (nSPS) is 9.89. The number of nitrogens with zero attached hydrogens (tertiary/aromatic N) is 1. The van der Waals surface area contributed by atoms with E-state index in [2.05, 4.69) is 6.07 Å². The Morgan fingerprint density at radius 3 is 2.72 bits per heavy atom. The molecule has 0 saturated heterocycles. The van der Waals surface area contributed by atoms with Gasteiger partial charge in [0.2, 0.25) is 0 Å². The number of rotatable bonds is 2. The molecule has 0 heterocycles. The van der Waals surface area contributed by atoms with Crippen LogP contribution in [-0.2, 0) is 0 Å². The van der Waals surface area contributed by atoms with Crippen LogP contribution in [0.4, 0.5) is 4.39 Å². The summed E-state index contributed by atoms with van der Waals surface area (Å²) >= 11 is 5.66. The van der Waals surface area contributed by atoms with Crippen LogP contribution in [-0.4, -0.2) is 0 Å². The van der Waals surface area contributed by atoms with Gasteiger partial charge in [-0.15, -0.1) is 0 Å². The zero-order chi connectivity index (χ0) is 13.1. The van der Waals surface area contributed by atoms with E-state index < -0.39 is 5.82 Å². The lowest BCUT2D eigenvalue weighted by atomic mass is 10.1. The van der Waals surface area contributed by atoms with E-state index in [1.807, 2.05) is 0 Å². The summed E-state index contributed by atoms with van der Waals surface area (Å²) in [4.78, 5) is 0. The van der Waals surface area contributed by atoms with Gasteiger partial charge in [0.1, 0.15) is 5.75 Å². The third kappa shape index (κ3) is 2.44. The van der Waals surface area contributed by atoms with Crippen LogP contribution in [0.15, 0.2) is 36.4 Å². The fourth-order valence-electron chi connectivity index (χ4n) is 1.51. The number of nitriles is 1. The van der Waals surface area contributed by atoms with Gasteiger partial charge in [0, 0.05) is 0 Å². The number of hydrogen-bond donors (Lipinski definition) is 0. The lowest BCUT2D eigenvalue weighted by molar-refractivity contribution is 0.442. The smallest absolute Gasteiger partial charge is 0.184 e. The molecular weight excluding hydrogens is 253 g/mol. The Bertz CT molecular complexity index is 634. The first-order chi connectivity index (χ1) is 8.61. The van der Waals surface area contributed by atoms with Gasteiger partial charge < -0.3 is 4.74 Å². The summed E-state index contributed by atoms with van der Waals surface area (Å²) in [5.41, 5.74) is 1.34. The predicted octanol–water partition coefficient (Wildman–Crippen LogP) is 4.45. The van der Waals surface area contributed by atoms with E-state index in [1.165, 1.54) is 12.1 Å². The van der Waals surface area contributed by atoms with Gasteiger partial charge in [-0.2, -0.15) is 5.26 Å². The lowest BCUT2D eigenvalue weighted by Crippen LogP contribution is -1.90. The van der Waals surface area contributed by atoms with E-state index in [4.69, 9.17) is 21.6 Å². The first-order valence-electron chi connectivity index (χ1n) is 5.24. The Labute approximate surface area is 109 Å². The summed E-state index contributed by atoms with van der Waals surface area (Å²) in [6.07, 6.45) is 0. The van der Waals surface area contributed by atoms with E-state index in [0.29, 0.717) is 11.3 Å². The maximum atomic E-state index is 13.6. The molecule has 4 heteroatoms. The molecule has 2 aromatic rings. The maximum absolute atomic E-state index is 13.6. The van der Waals surface area contributed by atoms with Crippen LogP contribution in [0.3, 0.4) is 0 Å². The van der Waals surface area contributed by atoms with Crippen molar-refractivity contribution >= 4 is 11.6 Å². The van der Waals surface area contributed by atoms with Crippen LogP contribution in [0.25, 0.3) is 0 Å². The Morgan fingerprint density at radius 2 is 2.06 bits per heavy atom. The molecule has 0 bridgehead atoms. The molecule has 18 heavy (non-hydrogen) atoms. The highest BCUT2D eigenvalue weighted by Gasteiger charge is 2.09. The Balaban J connectivity index is 2.32. The van der Waals surface area contributed by atoms with Crippen molar-refractivity contribution < 1.29 is 9.13 Å². The van der Waals surface area contributed by atoms with Crippen molar-refractivity contribution in [2.75, 3.05) is 0 Å². The summed E-state index contributed by atoms with van der Waals surface area (Å²) in [5.74, 6) is -0.0690. The second kappa shape index (κ2) is 5.07. The molecule has 2 aromatic carbocycles. The number of ether oxygens (including phenoxy) is 1. The molecule has 0 unspecified atom stereocenters. The summed E-state index contributed by atoms with van der Waals surface area (Å²) in [5, 5.41) is 8.82. The fraction of sp³-hybridized carbons (Fsp3) is 0.0714. The molecule has 2 nitrogen and oxygen atoms in total. The third-order valence-corrected chi connectivity index (χ3v) is 2.75. The topological polar surface area (TPSA) is 33.0 Å². The highest BCUT2D eigenvalue weighted by molar-refractivity contribution is 6.30. The monoisotopic (exact) mass is 261 g/mol. The predicted molar refractivity (Wildman–Crippen MR) is 67.4 cm³/mol. The summed E-state index contributed by atoms with van der Waals surface area (Å²) in [6.45, 7) is 1.79. The van der Waals surface area contributed by atoms with Gasteiger partial charge in [0.15, 0.2) is 11.6 Å². The van der Waals surface area contributed by atoms with E-state index in [9.17, 15) is 4.39 Å². The van der Waals surface area contributed by atoms with Crippen molar-refractivity contribution in [3.8, 4) is 17.6 Å². The molecule has 90 valence electrons. The van der Waals surface area contributed by atoms with Crippen LogP contribution >= 0.6 is 11.6 Å².